The van der Waals surface area contributed by atoms with Crippen LogP contribution in [-0.4, -0.2) is 56.7 Å². The van der Waals surface area contributed by atoms with Gasteiger partial charge in [0.1, 0.15) is 35.0 Å². The number of aryl methyl sites for hydroxylation is 2. The van der Waals surface area contributed by atoms with Gasteiger partial charge in [0.05, 0.1) is 17.0 Å². The van der Waals surface area contributed by atoms with E-state index in [2.05, 4.69) is 26.0 Å². The first-order valence-corrected chi connectivity index (χ1v) is 12.7. The highest BCUT2D eigenvalue weighted by Crippen LogP contribution is 2.42. The number of aliphatic hydroxyl groups excluding tert-OH is 1. The molecule has 3 heterocycles. The number of nitrogens with zero attached hydrogens (tertiary/aromatic N) is 5. The predicted molar refractivity (Wildman–Crippen MR) is 138 cm³/mol. The molecule has 0 spiro atoms. The van der Waals surface area contributed by atoms with Crippen molar-refractivity contribution in [1.29, 1.82) is 0 Å². The lowest BCUT2D eigenvalue weighted by Crippen LogP contribution is -2.29. The van der Waals surface area contributed by atoms with E-state index >= 15 is 0 Å². The van der Waals surface area contributed by atoms with E-state index in [0.29, 0.717) is 40.7 Å². The van der Waals surface area contributed by atoms with Crippen LogP contribution in [0.2, 0.25) is 0 Å². The smallest absolute Gasteiger partial charge is 0.211 e. The van der Waals surface area contributed by atoms with Crippen molar-refractivity contribution in [3.8, 4) is 28.4 Å². The Labute approximate surface area is 213 Å². The molecule has 0 amide bonds. The zero-order chi connectivity index (χ0) is 25.2. The van der Waals surface area contributed by atoms with Gasteiger partial charge in [0.25, 0.3) is 0 Å². The van der Waals surface area contributed by atoms with Crippen molar-refractivity contribution in [2.24, 2.45) is 0 Å². The van der Waals surface area contributed by atoms with Crippen LogP contribution in [-0.2, 0) is 0 Å². The van der Waals surface area contributed by atoms with Crippen LogP contribution in [0.4, 0.5) is 10.9 Å². The molecular formula is C25H29N7O3S. The van der Waals surface area contributed by atoms with Crippen molar-refractivity contribution in [3.05, 3.63) is 46.3 Å². The van der Waals surface area contributed by atoms with Crippen LogP contribution in [0.3, 0.4) is 0 Å². The van der Waals surface area contributed by atoms with Gasteiger partial charge >= 0.3 is 0 Å². The highest BCUT2D eigenvalue weighted by atomic mass is 32.1. The van der Waals surface area contributed by atoms with Gasteiger partial charge in [-0.3, -0.25) is 0 Å². The molecule has 4 aromatic rings. The minimum Gasteiger partial charge on any atom is -0.491 e. The fourth-order valence-electron chi connectivity index (χ4n) is 3.93. The summed E-state index contributed by atoms with van der Waals surface area (Å²) in [7, 11) is 1.79. The lowest BCUT2D eigenvalue weighted by atomic mass is 10.0. The highest BCUT2D eigenvalue weighted by molar-refractivity contribution is 7.15. The number of ether oxygens (including phenoxy) is 1. The minimum atomic E-state index is -0.608. The number of anilines is 2. The van der Waals surface area contributed by atoms with Crippen LogP contribution >= 0.6 is 11.3 Å². The minimum absolute atomic E-state index is 0.177. The van der Waals surface area contributed by atoms with Gasteiger partial charge in [-0.1, -0.05) is 28.6 Å². The highest BCUT2D eigenvalue weighted by Gasteiger charge is 2.28. The van der Waals surface area contributed by atoms with Gasteiger partial charge in [-0.05, 0) is 52.8 Å². The van der Waals surface area contributed by atoms with E-state index < -0.39 is 6.10 Å². The number of likely N-dealkylation sites (N-methyl/N-ethyl adjacent to an activating group) is 1. The van der Waals surface area contributed by atoms with E-state index in [9.17, 15) is 5.11 Å². The molecule has 0 saturated heterocycles. The van der Waals surface area contributed by atoms with Gasteiger partial charge in [-0.15, -0.1) is 10.2 Å². The third-order valence-electron chi connectivity index (χ3n) is 5.98. The Bertz CT molecular complexity index is 1350. The van der Waals surface area contributed by atoms with Gasteiger partial charge in [0, 0.05) is 23.6 Å². The molecule has 1 fully saturated rings. The Morgan fingerprint density at radius 2 is 2.03 bits per heavy atom. The zero-order valence-corrected chi connectivity index (χ0v) is 21.5. The molecule has 3 aromatic heterocycles. The third-order valence-corrected chi connectivity index (χ3v) is 6.98. The van der Waals surface area contributed by atoms with Crippen LogP contribution in [0.25, 0.3) is 22.6 Å². The van der Waals surface area contributed by atoms with E-state index in [1.165, 1.54) is 12.8 Å². The first-order chi connectivity index (χ1) is 17.4. The molecule has 1 atom stereocenters. The molecule has 1 aliphatic carbocycles. The summed E-state index contributed by atoms with van der Waals surface area (Å²) in [6.45, 7) is 6.37. The second-order valence-electron chi connectivity index (χ2n) is 8.96. The molecule has 11 heteroatoms. The van der Waals surface area contributed by atoms with Crippen molar-refractivity contribution >= 4 is 22.3 Å². The number of aliphatic hydroxyl groups is 1. The quantitative estimate of drug-likeness (QED) is 0.288. The summed E-state index contributed by atoms with van der Waals surface area (Å²) in [5.41, 5.74) is 3.98. The Kier molecular flexibility index (Phi) is 6.95. The number of hydrogen-bond donors (Lipinski definition) is 3. The summed E-state index contributed by atoms with van der Waals surface area (Å²) in [6, 6.07) is 7.53. The van der Waals surface area contributed by atoms with Gasteiger partial charge in [0.2, 0.25) is 5.13 Å². The molecule has 3 N–H and O–H groups in total. The second kappa shape index (κ2) is 10.3. The number of rotatable bonds is 10. The van der Waals surface area contributed by atoms with Crippen molar-refractivity contribution in [3.63, 3.8) is 0 Å². The van der Waals surface area contributed by atoms with Crippen LogP contribution in [0.15, 0.2) is 28.8 Å². The molecule has 188 valence electrons. The fourth-order valence-corrected chi connectivity index (χ4v) is 4.84. The normalized spacial score (nSPS) is 14.1. The largest absolute Gasteiger partial charge is 0.491 e. The summed E-state index contributed by atoms with van der Waals surface area (Å²) >= 11 is 1.56. The summed E-state index contributed by atoms with van der Waals surface area (Å²) in [5, 5.41) is 30.8. The van der Waals surface area contributed by atoms with E-state index in [0.717, 1.165) is 33.1 Å². The van der Waals surface area contributed by atoms with Crippen LogP contribution < -0.4 is 15.4 Å². The first-order valence-electron chi connectivity index (χ1n) is 11.9. The van der Waals surface area contributed by atoms with Crippen molar-refractivity contribution in [2.45, 2.75) is 45.6 Å². The standard InChI is InChI=1S/C25H29N7O3S/c1-13-21(20-14(2)32-35-15(20)3)27-23(17-6-5-7-19(10-17)34-12-18(33)11-26-4)28-22(13)29-25-31-30-24(36-25)16-8-9-16/h5-7,10,16,18,26,33H,8-9,11-12H2,1-4H3,(H,27,28,29,31). The van der Waals surface area contributed by atoms with Crippen LogP contribution in [0.5, 0.6) is 5.75 Å². The van der Waals surface area contributed by atoms with Crippen molar-refractivity contribution in [1.82, 2.24) is 30.6 Å². The molecule has 36 heavy (non-hydrogen) atoms. The zero-order valence-electron chi connectivity index (χ0n) is 20.7. The third kappa shape index (κ3) is 5.23. The van der Waals surface area contributed by atoms with Crippen LogP contribution in [0.1, 0.15) is 40.8 Å². The topological polar surface area (TPSA) is 131 Å². The number of aromatic nitrogens is 5. The fraction of sp³-hybridized carbons (Fsp3) is 0.400. The maximum atomic E-state index is 9.99. The summed E-state index contributed by atoms with van der Waals surface area (Å²) < 4.78 is 11.2. The Hall–Kier alpha value is -3.41. The average Bonchev–Trinajstić information content (AvgIpc) is 3.53. The summed E-state index contributed by atoms with van der Waals surface area (Å²) in [6.07, 6.45) is 1.74. The van der Waals surface area contributed by atoms with Gasteiger partial charge in [-0.2, -0.15) is 0 Å². The van der Waals surface area contributed by atoms with E-state index in [-0.39, 0.29) is 6.61 Å². The Balaban J connectivity index is 1.52. The SMILES string of the molecule is CNCC(O)COc1cccc(-c2nc(Nc3nnc(C4CC4)s3)c(C)c(-c3c(C)noc3C)n2)c1. The molecule has 1 aliphatic rings. The predicted octanol–water partition coefficient (Wildman–Crippen LogP) is 4.16. The lowest BCUT2D eigenvalue weighted by Gasteiger charge is -2.14. The molecule has 1 saturated carbocycles. The number of benzene rings is 1. The Morgan fingerprint density at radius 1 is 1.19 bits per heavy atom. The van der Waals surface area contributed by atoms with Gasteiger partial charge in [0.15, 0.2) is 5.82 Å². The second-order valence-corrected chi connectivity index (χ2v) is 9.97. The van der Waals surface area contributed by atoms with Crippen molar-refractivity contribution < 1.29 is 14.4 Å². The maximum absolute atomic E-state index is 9.99. The summed E-state index contributed by atoms with van der Waals surface area (Å²) in [4.78, 5) is 9.77. The molecule has 0 bridgehead atoms. The molecule has 1 unspecified atom stereocenters. The average molecular weight is 508 g/mol. The molecule has 1 aromatic carbocycles. The molecule has 5 rings (SSSR count). The molecule has 0 radical (unpaired) electrons. The number of hydrogen-bond acceptors (Lipinski definition) is 11. The van der Waals surface area contributed by atoms with Gasteiger partial charge < -0.3 is 25.0 Å². The lowest BCUT2D eigenvalue weighted by molar-refractivity contribution is 0.108. The van der Waals surface area contributed by atoms with E-state index in [4.69, 9.17) is 19.2 Å². The molecular weight excluding hydrogens is 478 g/mol. The van der Waals surface area contributed by atoms with Crippen LogP contribution in [0, 0.1) is 20.8 Å². The summed E-state index contributed by atoms with van der Waals surface area (Å²) in [5.74, 6) is 3.01. The van der Waals surface area contributed by atoms with E-state index in [1.54, 1.807) is 18.4 Å². The molecule has 0 aliphatic heterocycles. The maximum Gasteiger partial charge on any atom is 0.211 e. The monoisotopic (exact) mass is 507 g/mol. The Morgan fingerprint density at radius 3 is 2.75 bits per heavy atom. The number of nitrogens with one attached hydrogen (secondary N) is 2. The first kappa shape index (κ1) is 24.3. The molecule has 10 nitrogen and oxygen atoms in total. The van der Waals surface area contributed by atoms with E-state index in [1.807, 2.05) is 45.0 Å². The van der Waals surface area contributed by atoms with Gasteiger partial charge in [-0.25, -0.2) is 9.97 Å². The van der Waals surface area contributed by atoms with Crippen molar-refractivity contribution in [2.75, 3.05) is 25.5 Å².